The number of ether oxygens (including phenoxy) is 2. The third kappa shape index (κ3) is 3.97. The number of hydrogen-bond acceptors (Lipinski definition) is 3. The predicted octanol–water partition coefficient (Wildman–Crippen LogP) is 2.92. The van der Waals surface area contributed by atoms with Crippen LogP contribution in [0.5, 0.6) is 11.5 Å². The zero-order valence-electron chi connectivity index (χ0n) is 12.5. The van der Waals surface area contributed by atoms with E-state index in [4.69, 9.17) is 9.47 Å². The normalized spacial score (nSPS) is 11.6. The molecule has 0 spiro atoms. The number of amides is 1. The lowest BCUT2D eigenvalue weighted by Crippen LogP contribution is -2.36. The van der Waals surface area contributed by atoms with Gasteiger partial charge < -0.3 is 14.8 Å². The van der Waals surface area contributed by atoms with Crippen LogP contribution in [0.3, 0.4) is 0 Å². The largest absolute Gasteiger partial charge is 0.493 e. The van der Waals surface area contributed by atoms with Crippen molar-refractivity contribution in [2.75, 3.05) is 7.11 Å². The number of carbonyl (C=O) groups is 1. The second kappa shape index (κ2) is 7.45. The Hall–Kier alpha value is -2.56. The Bertz CT molecular complexity index is 645. The number of hydrogen-bond donors (Lipinski definition) is 1. The molecule has 0 aliphatic rings. The van der Waals surface area contributed by atoms with Gasteiger partial charge >= 0.3 is 0 Å². The van der Waals surface area contributed by atoms with Crippen molar-refractivity contribution in [2.45, 2.75) is 19.6 Å². The van der Waals surface area contributed by atoms with Gasteiger partial charge in [0.15, 0.2) is 17.6 Å². The molecule has 0 aromatic heterocycles. The molecule has 2 aromatic carbocycles. The van der Waals surface area contributed by atoms with Gasteiger partial charge in [0, 0.05) is 12.1 Å². The summed E-state index contributed by atoms with van der Waals surface area (Å²) in [5, 5.41) is 2.65. The summed E-state index contributed by atoms with van der Waals surface area (Å²) in [6.07, 6.45) is -0.719. The monoisotopic (exact) mass is 303 g/mol. The maximum atomic E-state index is 13.5. The Morgan fingerprint density at radius 1 is 1.14 bits per heavy atom. The van der Waals surface area contributed by atoms with Crippen LogP contribution in [0.2, 0.25) is 0 Å². The highest BCUT2D eigenvalue weighted by Gasteiger charge is 2.16. The Balaban J connectivity index is 1.94. The first-order valence-corrected chi connectivity index (χ1v) is 6.92. The van der Waals surface area contributed by atoms with E-state index in [9.17, 15) is 9.18 Å². The van der Waals surface area contributed by atoms with E-state index in [0.717, 1.165) is 0 Å². The molecule has 0 heterocycles. The molecule has 2 aromatic rings. The third-order valence-electron chi connectivity index (χ3n) is 3.15. The summed E-state index contributed by atoms with van der Waals surface area (Å²) in [6, 6.07) is 13.4. The Morgan fingerprint density at radius 3 is 2.45 bits per heavy atom. The molecular formula is C17H18FNO3. The van der Waals surface area contributed by atoms with Crippen molar-refractivity contribution >= 4 is 5.91 Å². The molecule has 0 saturated carbocycles. The smallest absolute Gasteiger partial charge is 0.261 e. The quantitative estimate of drug-likeness (QED) is 0.892. The van der Waals surface area contributed by atoms with Gasteiger partial charge in [0.05, 0.1) is 7.11 Å². The van der Waals surface area contributed by atoms with Gasteiger partial charge in [-0.05, 0) is 25.1 Å². The van der Waals surface area contributed by atoms with Crippen molar-refractivity contribution in [1.29, 1.82) is 0 Å². The lowest BCUT2D eigenvalue weighted by molar-refractivity contribution is -0.127. The highest BCUT2D eigenvalue weighted by atomic mass is 19.1. The van der Waals surface area contributed by atoms with Crippen molar-refractivity contribution in [2.24, 2.45) is 0 Å². The van der Waals surface area contributed by atoms with Crippen LogP contribution in [0, 0.1) is 5.82 Å². The standard InChI is InChI=1S/C17H18FNO3/c1-12(22-16-10-6-5-9-15(16)21-2)17(20)19-11-13-7-3-4-8-14(13)18/h3-10,12H,11H2,1-2H3,(H,19,20). The molecule has 0 radical (unpaired) electrons. The Kier molecular flexibility index (Phi) is 5.36. The average molecular weight is 303 g/mol. The van der Waals surface area contributed by atoms with E-state index in [1.807, 2.05) is 6.07 Å². The number of nitrogens with one attached hydrogen (secondary N) is 1. The van der Waals surface area contributed by atoms with Crippen LogP contribution in [-0.2, 0) is 11.3 Å². The first-order chi connectivity index (χ1) is 10.6. The van der Waals surface area contributed by atoms with Crippen molar-refractivity contribution in [3.8, 4) is 11.5 Å². The number of rotatable bonds is 6. The third-order valence-corrected chi connectivity index (χ3v) is 3.15. The van der Waals surface area contributed by atoms with Gasteiger partial charge in [0.1, 0.15) is 5.82 Å². The number of para-hydroxylation sites is 2. The first-order valence-electron chi connectivity index (χ1n) is 6.92. The minimum atomic E-state index is -0.719. The SMILES string of the molecule is COc1ccccc1OC(C)C(=O)NCc1ccccc1F. The summed E-state index contributed by atoms with van der Waals surface area (Å²) in [4.78, 5) is 12.0. The minimum Gasteiger partial charge on any atom is -0.493 e. The molecule has 0 saturated heterocycles. The van der Waals surface area contributed by atoms with E-state index >= 15 is 0 Å². The number of benzene rings is 2. The van der Waals surface area contributed by atoms with Crippen molar-refractivity contribution in [3.05, 3.63) is 59.9 Å². The number of carbonyl (C=O) groups excluding carboxylic acids is 1. The fourth-order valence-electron chi connectivity index (χ4n) is 1.93. The average Bonchev–Trinajstić information content (AvgIpc) is 2.54. The first kappa shape index (κ1) is 15.8. The molecule has 22 heavy (non-hydrogen) atoms. The lowest BCUT2D eigenvalue weighted by Gasteiger charge is -2.16. The molecule has 1 unspecified atom stereocenters. The van der Waals surface area contributed by atoms with Crippen LogP contribution >= 0.6 is 0 Å². The van der Waals surface area contributed by atoms with Gasteiger partial charge in [-0.3, -0.25) is 4.79 Å². The lowest BCUT2D eigenvalue weighted by atomic mass is 10.2. The van der Waals surface area contributed by atoms with Gasteiger partial charge in [0.2, 0.25) is 0 Å². The maximum absolute atomic E-state index is 13.5. The zero-order valence-corrected chi connectivity index (χ0v) is 12.5. The molecule has 2 rings (SSSR count). The van der Waals surface area contributed by atoms with Crippen LogP contribution in [0.1, 0.15) is 12.5 Å². The van der Waals surface area contributed by atoms with Gasteiger partial charge in [-0.1, -0.05) is 30.3 Å². The summed E-state index contributed by atoms with van der Waals surface area (Å²) < 4.78 is 24.2. The minimum absolute atomic E-state index is 0.116. The topological polar surface area (TPSA) is 47.6 Å². The molecular weight excluding hydrogens is 285 g/mol. The highest BCUT2D eigenvalue weighted by Crippen LogP contribution is 2.26. The molecule has 0 aliphatic heterocycles. The van der Waals surface area contributed by atoms with Crippen LogP contribution in [0.4, 0.5) is 4.39 Å². The molecule has 116 valence electrons. The van der Waals surface area contributed by atoms with E-state index < -0.39 is 6.10 Å². The van der Waals surface area contributed by atoms with E-state index in [1.165, 1.54) is 13.2 Å². The van der Waals surface area contributed by atoms with E-state index in [2.05, 4.69) is 5.32 Å². The Morgan fingerprint density at radius 2 is 1.77 bits per heavy atom. The molecule has 1 N–H and O–H groups in total. The van der Waals surface area contributed by atoms with Gasteiger partial charge in [-0.2, -0.15) is 0 Å². The molecule has 1 atom stereocenters. The fourth-order valence-corrected chi connectivity index (χ4v) is 1.93. The van der Waals surface area contributed by atoms with Gasteiger partial charge in [-0.15, -0.1) is 0 Å². The van der Waals surface area contributed by atoms with Crippen LogP contribution in [0.25, 0.3) is 0 Å². The molecule has 0 fully saturated rings. The molecule has 4 nitrogen and oxygen atoms in total. The van der Waals surface area contributed by atoms with E-state index in [0.29, 0.717) is 17.1 Å². The summed E-state index contributed by atoms with van der Waals surface area (Å²) >= 11 is 0. The summed E-state index contributed by atoms with van der Waals surface area (Å²) in [6.45, 7) is 1.74. The van der Waals surface area contributed by atoms with Gasteiger partial charge in [-0.25, -0.2) is 4.39 Å². The van der Waals surface area contributed by atoms with Crippen LogP contribution in [0.15, 0.2) is 48.5 Å². The summed E-state index contributed by atoms with van der Waals surface area (Å²) in [7, 11) is 1.53. The van der Waals surface area contributed by atoms with E-state index in [1.54, 1.807) is 43.3 Å². The maximum Gasteiger partial charge on any atom is 0.261 e. The predicted molar refractivity (Wildman–Crippen MR) is 81.3 cm³/mol. The second-order valence-electron chi connectivity index (χ2n) is 4.72. The van der Waals surface area contributed by atoms with Crippen molar-refractivity contribution in [3.63, 3.8) is 0 Å². The highest BCUT2D eigenvalue weighted by molar-refractivity contribution is 5.80. The molecule has 0 bridgehead atoms. The van der Waals surface area contributed by atoms with Crippen molar-refractivity contribution < 1.29 is 18.7 Å². The van der Waals surface area contributed by atoms with Crippen LogP contribution in [-0.4, -0.2) is 19.1 Å². The molecule has 5 heteroatoms. The van der Waals surface area contributed by atoms with Crippen molar-refractivity contribution in [1.82, 2.24) is 5.32 Å². The molecule has 1 amide bonds. The summed E-state index contributed by atoms with van der Waals surface area (Å²) in [5.74, 6) is 0.366. The Labute approximate surface area is 128 Å². The van der Waals surface area contributed by atoms with E-state index in [-0.39, 0.29) is 18.3 Å². The van der Waals surface area contributed by atoms with Gasteiger partial charge in [0.25, 0.3) is 5.91 Å². The second-order valence-corrected chi connectivity index (χ2v) is 4.72. The summed E-state index contributed by atoms with van der Waals surface area (Å²) in [5.41, 5.74) is 0.431. The van der Waals surface area contributed by atoms with Crippen LogP contribution < -0.4 is 14.8 Å². The number of methoxy groups -OCH3 is 1. The number of halogens is 1. The molecule has 0 aliphatic carbocycles. The zero-order chi connectivity index (χ0) is 15.9. The fraction of sp³-hybridized carbons (Fsp3) is 0.235.